The second-order valence-electron chi connectivity index (χ2n) is 5.98. The van der Waals surface area contributed by atoms with Crippen LogP contribution in [-0.4, -0.2) is 24.7 Å². The van der Waals surface area contributed by atoms with Crippen LogP contribution in [0.25, 0.3) is 0 Å². The molecular formula is C21H21NO4. The summed E-state index contributed by atoms with van der Waals surface area (Å²) >= 11 is 0. The summed E-state index contributed by atoms with van der Waals surface area (Å²) < 4.78 is 5.15. The van der Waals surface area contributed by atoms with Crippen molar-refractivity contribution in [3.8, 4) is 18.1 Å². The number of carbonyl (C=O) groups is 3. The monoisotopic (exact) mass is 351 g/mol. The highest BCUT2D eigenvalue weighted by Crippen LogP contribution is 2.27. The smallest absolute Gasteiger partial charge is 0.250 e. The Balaban J connectivity index is 2.01. The van der Waals surface area contributed by atoms with Crippen LogP contribution in [0.4, 0.5) is 0 Å². The number of hydrogen-bond donors (Lipinski definition) is 1. The Hall–Kier alpha value is -3.13. The van der Waals surface area contributed by atoms with E-state index in [1.807, 2.05) is 12.1 Å². The van der Waals surface area contributed by atoms with E-state index in [9.17, 15) is 14.4 Å². The van der Waals surface area contributed by atoms with Gasteiger partial charge in [0.05, 0.1) is 13.0 Å². The molecule has 2 amide bonds. The Morgan fingerprint density at radius 2 is 2.19 bits per heavy atom. The van der Waals surface area contributed by atoms with Crippen LogP contribution >= 0.6 is 0 Å². The molecule has 5 nitrogen and oxygen atoms in total. The maximum absolute atomic E-state index is 12.3. The summed E-state index contributed by atoms with van der Waals surface area (Å²) in [5, 5.41) is 2.25. The number of ether oxygens (including phenoxy) is 1. The SMILES string of the molecule is C#CC(CCC1=CC(=O)c2cc(OC)ccc2C1)C(=O)NC(=O)/C=C\C. The first-order valence-corrected chi connectivity index (χ1v) is 8.32. The molecule has 0 spiro atoms. The number of allylic oxidation sites excluding steroid dienone is 3. The largest absolute Gasteiger partial charge is 0.497 e. The van der Waals surface area contributed by atoms with Gasteiger partial charge in [-0.3, -0.25) is 19.7 Å². The van der Waals surface area contributed by atoms with Gasteiger partial charge in [0.25, 0.3) is 0 Å². The van der Waals surface area contributed by atoms with Crippen molar-refractivity contribution in [3.63, 3.8) is 0 Å². The zero-order chi connectivity index (χ0) is 19.1. The number of terminal acetylenes is 1. The Morgan fingerprint density at radius 3 is 2.85 bits per heavy atom. The molecule has 5 heteroatoms. The highest BCUT2D eigenvalue weighted by Gasteiger charge is 2.21. The van der Waals surface area contributed by atoms with E-state index in [0.29, 0.717) is 30.6 Å². The van der Waals surface area contributed by atoms with Gasteiger partial charge in [-0.1, -0.05) is 23.6 Å². The third-order valence-corrected chi connectivity index (χ3v) is 4.17. The number of benzene rings is 1. The van der Waals surface area contributed by atoms with Crippen LogP contribution in [0.5, 0.6) is 5.75 Å². The van der Waals surface area contributed by atoms with Crippen molar-refractivity contribution in [2.24, 2.45) is 5.92 Å². The van der Waals surface area contributed by atoms with Gasteiger partial charge in [-0.25, -0.2) is 0 Å². The molecule has 1 aliphatic rings. The molecule has 0 aromatic heterocycles. The fourth-order valence-electron chi connectivity index (χ4n) is 2.81. The third-order valence-electron chi connectivity index (χ3n) is 4.17. The van der Waals surface area contributed by atoms with E-state index < -0.39 is 17.7 Å². The van der Waals surface area contributed by atoms with Crippen LogP contribution in [0.3, 0.4) is 0 Å². The van der Waals surface area contributed by atoms with Crippen molar-refractivity contribution in [3.05, 3.63) is 53.1 Å². The van der Waals surface area contributed by atoms with Crippen molar-refractivity contribution < 1.29 is 19.1 Å². The van der Waals surface area contributed by atoms with Crippen LogP contribution < -0.4 is 10.1 Å². The molecule has 1 aliphatic carbocycles. The van der Waals surface area contributed by atoms with E-state index in [-0.39, 0.29) is 5.78 Å². The number of fused-ring (bicyclic) bond motifs is 1. The molecule has 1 N–H and O–H groups in total. The molecular weight excluding hydrogens is 330 g/mol. The van der Waals surface area contributed by atoms with Gasteiger partial charge in [0.1, 0.15) is 5.75 Å². The average Bonchev–Trinajstić information content (AvgIpc) is 2.62. The predicted octanol–water partition coefficient (Wildman–Crippen LogP) is 2.61. The molecule has 0 heterocycles. The fourth-order valence-corrected chi connectivity index (χ4v) is 2.81. The Bertz CT molecular complexity index is 827. The van der Waals surface area contributed by atoms with E-state index in [4.69, 9.17) is 11.2 Å². The summed E-state index contributed by atoms with van der Waals surface area (Å²) in [6.07, 6.45) is 11.3. The third kappa shape index (κ3) is 4.70. The van der Waals surface area contributed by atoms with Crippen molar-refractivity contribution in [2.75, 3.05) is 7.11 Å². The lowest BCUT2D eigenvalue weighted by atomic mass is 9.87. The summed E-state index contributed by atoms with van der Waals surface area (Å²) in [6, 6.07) is 5.43. The molecule has 0 bridgehead atoms. The molecule has 0 fully saturated rings. The first-order chi connectivity index (χ1) is 12.5. The number of hydrogen-bond acceptors (Lipinski definition) is 4. The summed E-state index contributed by atoms with van der Waals surface area (Å²) in [6.45, 7) is 1.68. The van der Waals surface area contributed by atoms with Crippen molar-refractivity contribution >= 4 is 17.6 Å². The van der Waals surface area contributed by atoms with E-state index in [1.165, 1.54) is 6.08 Å². The van der Waals surface area contributed by atoms with Gasteiger partial charge >= 0.3 is 0 Å². The van der Waals surface area contributed by atoms with Crippen molar-refractivity contribution in [1.29, 1.82) is 0 Å². The fraction of sp³-hybridized carbons (Fsp3) is 0.286. The zero-order valence-electron chi connectivity index (χ0n) is 14.9. The van der Waals surface area contributed by atoms with E-state index in [1.54, 1.807) is 32.3 Å². The minimum atomic E-state index is -0.725. The maximum atomic E-state index is 12.3. The summed E-state index contributed by atoms with van der Waals surface area (Å²) in [7, 11) is 1.56. The van der Waals surface area contributed by atoms with Crippen molar-refractivity contribution in [2.45, 2.75) is 26.2 Å². The van der Waals surface area contributed by atoms with E-state index in [0.717, 1.165) is 11.1 Å². The average molecular weight is 351 g/mol. The van der Waals surface area contributed by atoms with Crippen LogP contribution in [0, 0.1) is 18.3 Å². The van der Waals surface area contributed by atoms with Crippen LogP contribution in [0.1, 0.15) is 35.7 Å². The number of nitrogens with one attached hydrogen (secondary N) is 1. The topological polar surface area (TPSA) is 72.5 Å². The predicted molar refractivity (Wildman–Crippen MR) is 98.6 cm³/mol. The number of ketones is 1. The molecule has 0 saturated heterocycles. The van der Waals surface area contributed by atoms with Crippen LogP contribution in [0.2, 0.25) is 0 Å². The molecule has 0 saturated carbocycles. The molecule has 0 radical (unpaired) electrons. The zero-order valence-corrected chi connectivity index (χ0v) is 14.9. The first kappa shape index (κ1) is 19.2. The molecule has 26 heavy (non-hydrogen) atoms. The second-order valence-corrected chi connectivity index (χ2v) is 5.98. The standard InChI is InChI=1S/C21H21NO4/c1-4-6-20(24)22-21(25)15(5-2)8-7-14-11-16-9-10-17(26-3)13-18(16)19(23)12-14/h2,4,6,9-10,12-13,15H,7-8,11H2,1,3H3,(H,22,24,25)/b6-4-. The number of rotatable bonds is 6. The lowest BCUT2D eigenvalue weighted by Gasteiger charge is -2.18. The molecule has 134 valence electrons. The van der Waals surface area contributed by atoms with Gasteiger partial charge in [-0.15, -0.1) is 6.42 Å². The Morgan fingerprint density at radius 1 is 1.42 bits per heavy atom. The normalized spacial score (nSPS) is 14.2. The molecule has 2 rings (SSSR count). The van der Waals surface area contributed by atoms with Gasteiger partial charge in [0, 0.05) is 5.56 Å². The van der Waals surface area contributed by atoms with Gasteiger partial charge in [0.2, 0.25) is 11.8 Å². The molecule has 1 aromatic carbocycles. The minimum Gasteiger partial charge on any atom is -0.497 e. The molecule has 1 atom stereocenters. The highest BCUT2D eigenvalue weighted by molar-refractivity contribution is 6.07. The van der Waals surface area contributed by atoms with E-state index in [2.05, 4.69) is 11.2 Å². The van der Waals surface area contributed by atoms with Gasteiger partial charge in [0.15, 0.2) is 5.78 Å². The number of amides is 2. The van der Waals surface area contributed by atoms with E-state index >= 15 is 0 Å². The number of methoxy groups -OCH3 is 1. The molecule has 0 aliphatic heterocycles. The van der Waals surface area contributed by atoms with Crippen LogP contribution in [-0.2, 0) is 16.0 Å². The first-order valence-electron chi connectivity index (χ1n) is 8.32. The minimum absolute atomic E-state index is 0.0786. The maximum Gasteiger partial charge on any atom is 0.250 e. The van der Waals surface area contributed by atoms with Crippen molar-refractivity contribution in [1.82, 2.24) is 5.32 Å². The summed E-state index contributed by atoms with van der Waals surface area (Å²) in [5.41, 5.74) is 2.48. The number of carbonyl (C=O) groups excluding carboxylic acids is 3. The summed E-state index contributed by atoms with van der Waals surface area (Å²) in [4.78, 5) is 35.8. The Labute approximate surface area is 153 Å². The molecule has 1 aromatic rings. The van der Waals surface area contributed by atoms with Gasteiger partial charge in [-0.05, 0) is 56.0 Å². The number of imide groups is 1. The van der Waals surface area contributed by atoms with Gasteiger partial charge < -0.3 is 4.74 Å². The highest BCUT2D eigenvalue weighted by atomic mass is 16.5. The Kier molecular flexibility index (Phi) is 6.51. The lowest BCUT2D eigenvalue weighted by Crippen LogP contribution is -2.34. The van der Waals surface area contributed by atoms with Gasteiger partial charge in [-0.2, -0.15) is 0 Å². The second kappa shape index (κ2) is 8.82. The summed E-state index contributed by atoms with van der Waals surface area (Å²) in [5.74, 6) is 1.27. The lowest BCUT2D eigenvalue weighted by molar-refractivity contribution is -0.129. The molecule has 1 unspecified atom stereocenters. The quantitative estimate of drug-likeness (QED) is 0.632. The van der Waals surface area contributed by atoms with Crippen LogP contribution in [0.15, 0.2) is 42.0 Å².